The van der Waals surface area contributed by atoms with E-state index in [2.05, 4.69) is 0 Å². The Balaban J connectivity index is 2.47. The second-order valence-corrected chi connectivity index (χ2v) is 4.67. The Labute approximate surface area is 112 Å². The minimum absolute atomic E-state index is 0.128. The summed E-state index contributed by atoms with van der Waals surface area (Å²) in [5.41, 5.74) is 1.000. The number of rotatable bonds is 7. The summed E-state index contributed by atoms with van der Waals surface area (Å²) < 4.78 is 5.08. The lowest BCUT2D eigenvalue weighted by Gasteiger charge is -2.19. The van der Waals surface area contributed by atoms with Crippen molar-refractivity contribution in [3.8, 4) is 5.75 Å². The molecule has 0 saturated carbocycles. The van der Waals surface area contributed by atoms with Crippen LogP contribution in [-0.4, -0.2) is 43.2 Å². The molecule has 0 fully saturated rings. The SMILES string of the molecule is COc1ccc(C(Cl)CN(C)CCC(=O)O)cc1. The molecule has 0 heterocycles. The van der Waals surface area contributed by atoms with Crippen LogP contribution in [-0.2, 0) is 4.79 Å². The maximum atomic E-state index is 10.5. The first-order chi connectivity index (χ1) is 8.52. The van der Waals surface area contributed by atoms with Crippen LogP contribution in [0, 0.1) is 0 Å². The van der Waals surface area contributed by atoms with E-state index in [1.165, 1.54) is 0 Å². The highest BCUT2D eigenvalue weighted by Gasteiger charge is 2.11. The van der Waals surface area contributed by atoms with E-state index in [9.17, 15) is 4.79 Å². The summed E-state index contributed by atoms with van der Waals surface area (Å²) in [6.45, 7) is 1.11. The van der Waals surface area contributed by atoms with E-state index in [1.54, 1.807) is 7.11 Å². The number of methoxy groups -OCH3 is 1. The fourth-order valence-corrected chi connectivity index (χ4v) is 1.95. The molecule has 1 atom stereocenters. The highest BCUT2D eigenvalue weighted by Crippen LogP contribution is 2.23. The third-order valence-corrected chi connectivity index (χ3v) is 3.05. The lowest BCUT2D eigenvalue weighted by molar-refractivity contribution is -0.137. The number of carboxylic acids is 1. The van der Waals surface area contributed by atoms with Crippen molar-refractivity contribution < 1.29 is 14.6 Å². The highest BCUT2D eigenvalue weighted by atomic mass is 35.5. The topological polar surface area (TPSA) is 49.8 Å². The minimum Gasteiger partial charge on any atom is -0.497 e. The molecule has 0 radical (unpaired) electrons. The fourth-order valence-electron chi connectivity index (χ4n) is 1.57. The van der Waals surface area contributed by atoms with Crippen LogP contribution >= 0.6 is 11.6 Å². The summed E-state index contributed by atoms with van der Waals surface area (Å²) in [7, 11) is 3.48. The first-order valence-corrected chi connectivity index (χ1v) is 6.15. The predicted octanol–water partition coefficient (Wildman–Crippen LogP) is 2.38. The van der Waals surface area contributed by atoms with Gasteiger partial charge in [0.15, 0.2) is 0 Å². The number of aliphatic carboxylic acids is 1. The van der Waals surface area contributed by atoms with Gasteiger partial charge in [-0.2, -0.15) is 0 Å². The van der Waals surface area contributed by atoms with Crippen molar-refractivity contribution in [2.75, 3.05) is 27.2 Å². The zero-order valence-corrected chi connectivity index (χ0v) is 11.4. The molecular formula is C13H18ClNO3. The zero-order valence-electron chi connectivity index (χ0n) is 10.6. The molecule has 0 aliphatic heterocycles. The summed E-state index contributed by atoms with van der Waals surface area (Å²) in [6.07, 6.45) is 0.128. The maximum absolute atomic E-state index is 10.5. The van der Waals surface area contributed by atoms with E-state index in [0.29, 0.717) is 13.1 Å². The van der Waals surface area contributed by atoms with E-state index in [4.69, 9.17) is 21.4 Å². The molecule has 0 aliphatic rings. The molecule has 0 saturated heterocycles. The van der Waals surface area contributed by atoms with Gasteiger partial charge >= 0.3 is 5.97 Å². The Bertz CT molecular complexity index is 380. The quantitative estimate of drug-likeness (QED) is 0.774. The van der Waals surface area contributed by atoms with Gasteiger partial charge in [-0.25, -0.2) is 0 Å². The molecule has 18 heavy (non-hydrogen) atoms. The molecule has 0 aromatic heterocycles. The summed E-state index contributed by atoms with van der Waals surface area (Å²) in [5.74, 6) is -0.000677. The van der Waals surface area contributed by atoms with Crippen molar-refractivity contribution in [2.24, 2.45) is 0 Å². The van der Waals surface area contributed by atoms with Crippen LogP contribution in [0.25, 0.3) is 0 Å². The summed E-state index contributed by atoms with van der Waals surface area (Å²) in [5, 5.41) is 8.44. The first kappa shape index (κ1) is 14.8. The van der Waals surface area contributed by atoms with E-state index < -0.39 is 5.97 Å². The van der Waals surface area contributed by atoms with Gasteiger partial charge in [-0.15, -0.1) is 11.6 Å². The van der Waals surface area contributed by atoms with Crippen molar-refractivity contribution in [3.63, 3.8) is 0 Å². The predicted molar refractivity (Wildman–Crippen MR) is 71.3 cm³/mol. The van der Waals surface area contributed by atoms with Gasteiger partial charge in [0.25, 0.3) is 0 Å². The monoisotopic (exact) mass is 271 g/mol. The number of halogens is 1. The van der Waals surface area contributed by atoms with Gasteiger partial charge in [0, 0.05) is 13.1 Å². The van der Waals surface area contributed by atoms with Crippen LogP contribution < -0.4 is 4.74 Å². The van der Waals surface area contributed by atoms with Crippen LogP contribution in [0.15, 0.2) is 24.3 Å². The number of alkyl halides is 1. The van der Waals surface area contributed by atoms with Crippen molar-refractivity contribution in [3.05, 3.63) is 29.8 Å². The largest absolute Gasteiger partial charge is 0.497 e. The number of hydrogen-bond donors (Lipinski definition) is 1. The molecule has 5 heteroatoms. The normalized spacial score (nSPS) is 12.4. The van der Waals surface area contributed by atoms with Crippen LogP contribution in [0.4, 0.5) is 0 Å². The van der Waals surface area contributed by atoms with Gasteiger partial charge in [-0.05, 0) is 24.7 Å². The number of ether oxygens (including phenoxy) is 1. The lowest BCUT2D eigenvalue weighted by Crippen LogP contribution is -2.25. The van der Waals surface area contributed by atoms with Crippen molar-refractivity contribution in [1.29, 1.82) is 0 Å². The average molecular weight is 272 g/mol. The summed E-state index contributed by atoms with van der Waals surface area (Å²) in [4.78, 5) is 12.4. The highest BCUT2D eigenvalue weighted by molar-refractivity contribution is 6.21. The molecule has 0 bridgehead atoms. The van der Waals surface area contributed by atoms with Gasteiger partial charge in [-0.3, -0.25) is 4.79 Å². The van der Waals surface area contributed by atoms with Gasteiger partial charge in [0.1, 0.15) is 5.75 Å². The molecule has 100 valence electrons. The number of benzene rings is 1. The van der Waals surface area contributed by atoms with Gasteiger partial charge in [0.2, 0.25) is 0 Å². The second-order valence-electron chi connectivity index (χ2n) is 4.15. The second kappa shape index (κ2) is 7.24. The molecule has 1 N–H and O–H groups in total. The molecule has 0 amide bonds. The Morgan fingerprint density at radius 1 is 1.44 bits per heavy atom. The molecule has 4 nitrogen and oxygen atoms in total. The Kier molecular flexibility index (Phi) is 5.95. The van der Waals surface area contributed by atoms with E-state index in [-0.39, 0.29) is 11.8 Å². The standard InChI is InChI=1S/C13H18ClNO3/c1-15(8-7-13(16)17)9-12(14)10-3-5-11(18-2)6-4-10/h3-6,12H,7-9H2,1-2H3,(H,16,17). The van der Waals surface area contributed by atoms with Gasteiger partial charge < -0.3 is 14.7 Å². The number of carbonyl (C=O) groups is 1. The van der Waals surface area contributed by atoms with Crippen LogP contribution in [0.5, 0.6) is 5.75 Å². The van der Waals surface area contributed by atoms with Crippen LogP contribution in [0.2, 0.25) is 0 Å². The number of nitrogens with zero attached hydrogens (tertiary/aromatic N) is 1. The average Bonchev–Trinajstić information content (AvgIpc) is 2.36. The molecule has 0 aliphatic carbocycles. The fraction of sp³-hybridized carbons (Fsp3) is 0.462. The van der Waals surface area contributed by atoms with Crippen LogP contribution in [0.1, 0.15) is 17.4 Å². The lowest BCUT2D eigenvalue weighted by atomic mass is 10.1. The number of hydrogen-bond acceptors (Lipinski definition) is 3. The van der Waals surface area contributed by atoms with Crippen molar-refractivity contribution in [1.82, 2.24) is 4.90 Å². The third kappa shape index (κ3) is 4.94. The molecule has 1 aromatic rings. The molecule has 1 unspecified atom stereocenters. The minimum atomic E-state index is -0.794. The zero-order chi connectivity index (χ0) is 13.5. The molecule has 0 spiro atoms. The maximum Gasteiger partial charge on any atom is 0.304 e. The summed E-state index contributed by atoms with van der Waals surface area (Å²) >= 11 is 6.28. The Hall–Kier alpha value is -1.26. The molecule has 1 rings (SSSR count). The molecule has 1 aromatic carbocycles. The van der Waals surface area contributed by atoms with Gasteiger partial charge in [0.05, 0.1) is 18.9 Å². The summed E-state index contributed by atoms with van der Waals surface area (Å²) in [6, 6.07) is 7.56. The van der Waals surface area contributed by atoms with E-state index in [0.717, 1.165) is 11.3 Å². The smallest absolute Gasteiger partial charge is 0.304 e. The van der Waals surface area contributed by atoms with Crippen LogP contribution in [0.3, 0.4) is 0 Å². The van der Waals surface area contributed by atoms with Gasteiger partial charge in [-0.1, -0.05) is 12.1 Å². The Morgan fingerprint density at radius 2 is 2.06 bits per heavy atom. The number of carboxylic acid groups (broad SMARTS) is 1. The third-order valence-electron chi connectivity index (χ3n) is 2.66. The Morgan fingerprint density at radius 3 is 2.56 bits per heavy atom. The number of likely N-dealkylation sites (N-methyl/N-ethyl adjacent to an activating group) is 1. The van der Waals surface area contributed by atoms with E-state index in [1.807, 2.05) is 36.2 Å². The first-order valence-electron chi connectivity index (χ1n) is 5.71. The van der Waals surface area contributed by atoms with Crippen molar-refractivity contribution >= 4 is 17.6 Å². The molecular weight excluding hydrogens is 254 g/mol. The van der Waals surface area contributed by atoms with E-state index >= 15 is 0 Å². The van der Waals surface area contributed by atoms with Crippen molar-refractivity contribution in [2.45, 2.75) is 11.8 Å².